The Balaban J connectivity index is 2.14. The van der Waals surface area contributed by atoms with Gasteiger partial charge in [0.05, 0.1) is 13.1 Å². The molecule has 1 aliphatic carbocycles. The molecule has 92 valence electrons. The minimum absolute atomic E-state index is 0.0179. The molecule has 0 atom stereocenters. The number of amides is 2. The summed E-state index contributed by atoms with van der Waals surface area (Å²) in [5.74, 6) is 0.0822. The van der Waals surface area contributed by atoms with Crippen LogP contribution in [0.25, 0.3) is 0 Å². The van der Waals surface area contributed by atoms with Gasteiger partial charge in [-0.3, -0.25) is 14.9 Å². The number of nitrogens with zero attached hydrogens (tertiary/aromatic N) is 2. The minimum atomic E-state index is 0.0179. The summed E-state index contributed by atoms with van der Waals surface area (Å²) in [6, 6.07) is 0.434. The number of carbonyl (C=O) groups excluding carboxylic acids is 2. The van der Waals surface area contributed by atoms with Gasteiger partial charge in [-0.1, -0.05) is 0 Å². The van der Waals surface area contributed by atoms with Gasteiger partial charge in [0, 0.05) is 26.7 Å². The maximum absolute atomic E-state index is 11.6. The van der Waals surface area contributed by atoms with Crippen LogP contribution in [0.3, 0.4) is 0 Å². The molecule has 0 aromatic carbocycles. The van der Waals surface area contributed by atoms with E-state index in [9.17, 15) is 9.59 Å². The van der Waals surface area contributed by atoms with Gasteiger partial charge < -0.3 is 9.80 Å². The van der Waals surface area contributed by atoms with Crippen LogP contribution in [0, 0.1) is 0 Å². The number of nitrogens with one attached hydrogen (secondary N) is 1. The second kappa shape index (κ2) is 5.84. The largest absolute Gasteiger partial charge is 0.345 e. The monoisotopic (exact) mass is 227 g/mol. The third-order valence-corrected chi connectivity index (χ3v) is 2.94. The smallest absolute Gasteiger partial charge is 0.236 e. The molecular formula is C11H21N3O2. The van der Waals surface area contributed by atoms with Crippen molar-refractivity contribution in [2.24, 2.45) is 0 Å². The molecular weight excluding hydrogens is 206 g/mol. The topological polar surface area (TPSA) is 52.7 Å². The molecule has 1 N–H and O–H groups in total. The SMILES string of the molecule is CCN(C)C(=O)CNCC(=O)N(C)C1CC1. The zero-order valence-electron chi connectivity index (χ0n) is 10.3. The molecule has 0 aliphatic heterocycles. The first-order valence-corrected chi connectivity index (χ1v) is 5.76. The lowest BCUT2D eigenvalue weighted by atomic mass is 10.4. The van der Waals surface area contributed by atoms with Crippen LogP contribution < -0.4 is 5.32 Å². The van der Waals surface area contributed by atoms with Gasteiger partial charge in [0.15, 0.2) is 0 Å². The van der Waals surface area contributed by atoms with Crippen LogP contribution in [0.4, 0.5) is 0 Å². The highest BCUT2D eigenvalue weighted by Gasteiger charge is 2.29. The third kappa shape index (κ3) is 3.81. The van der Waals surface area contributed by atoms with Crippen LogP contribution in [0.2, 0.25) is 0 Å². The maximum Gasteiger partial charge on any atom is 0.236 e. The molecule has 0 aromatic heterocycles. The Morgan fingerprint density at radius 1 is 1.19 bits per heavy atom. The number of hydrogen-bond donors (Lipinski definition) is 1. The Bertz CT molecular complexity index is 264. The number of likely N-dealkylation sites (N-methyl/N-ethyl adjacent to an activating group) is 2. The first-order chi connectivity index (χ1) is 7.56. The average molecular weight is 227 g/mol. The van der Waals surface area contributed by atoms with Crippen molar-refractivity contribution in [2.75, 3.05) is 33.7 Å². The Morgan fingerprint density at radius 2 is 1.75 bits per heavy atom. The van der Waals surface area contributed by atoms with Crippen LogP contribution >= 0.6 is 0 Å². The summed E-state index contributed by atoms with van der Waals surface area (Å²) >= 11 is 0. The quantitative estimate of drug-likeness (QED) is 0.676. The maximum atomic E-state index is 11.6. The van der Waals surface area contributed by atoms with Crippen LogP contribution in [-0.4, -0.2) is 61.4 Å². The Morgan fingerprint density at radius 3 is 2.25 bits per heavy atom. The van der Waals surface area contributed by atoms with E-state index in [2.05, 4.69) is 5.32 Å². The summed E-state index contributed by atoms with van der Waals surface area (Å²) in [5.41, 5.74) is 0. The standard InChI is InChI=1S/C11H21N3O2/c1-4-13(2)10(15)7-12-8-11(16)14(3)9-5-6-9/h9,12H,4-8H2,1-3H3. The molecule has 0 spiro atoms. The molecule has 0 bridgehead atoms. The van der Waals surface area contributed by atoms with Crippen LogP contribution in [-0.2, 0) is 9.59 Å². The predicted molar refractivity (Wildman–Crippen MR) is 62.0 cm³/mol. The van der Waals surface area contributed by atoms with Crippen LogP contribution in [0.1, 0.15) is 19.8 Å². The van der Waals surface area contributed by atoms with E-state index < -0.39 is 0 Å². The van der Waals surface area contributed by atoms with Gasteiger partial charge in [-0.2, -0.15) is 0 Å². The van der Waals surface area contributed by atoms with Crippen molar-refractivity contribution in [3.8, 4) is 0 Å². The fraction of sp³-hybridized carbons (Fsp3) is 0.818. The van der Waals surface area contributed by atoms with Crippen molar-refractivity contribution in [3.05, 3.63) is 0 Å². The van der Waals surface area contributed by atoms with E-state index in [-0.39, 0.29) is 24.9 Å². The number of carbonyl (C=O) groups is 2. The normalized spacial score (nSPS) is 14.7. The molecule has 1 rings (SSSR count). The molecule has 2 amide bonds. The number of hydrogen-bond acceptors (Lipinski definition) is 3. The van der Waals surface area contributed by atoms with Gasteiger partial charge >= 0.3 is 0 Å². The van der Waals surface area contributed by atoms with Crippen molar-refractivity contribution >= 4 is 11.8 Å². The molecule has 1 fully saturated rings. The molecule has 0 unspecified atom stereocenters. The molecule has 0 aromatic rings. The third-order valence-electron chi connectivity index (χ3n) is 2.94. The lowest BCUT2D eigenvalue weighted by molar-refractivity contribution is -0.130. The summed E-state index contributed by atoms with van der Waals surface area (Å²) in [6.07, 6.45) is 2.22. The second-order valence-electron chi connectivity index (χ2n) is 4.25. The first kappa shape index (κ1) is 13.0. The second-order valence-corrected chi connectivity index (χ2v) is 4.25. The summed E-state index contributed by atoms with van der Waals surface area (Å²) in [6.45, 7) is 3.09. The van der Waals surface area contributed by atoms with Crippen molar-refractivity contribution in [2.45, 2.75) is 25.8 Å². The molecule has 0 heterocycles. The average Bonchev–Trinajstić information content (AvgIpc) is 3.10. The summed E-state index contributed by atoms with van der Waals surface area (Å²) in [7, 11) is 3.57. The van der Waals surface area contributed by atoms with Gasteiger partial charge in [-0.15, -0.1) is 0 Å². The highest BCUT2D eigenvalue weighted by atomic mass is 16.2. The van der Waals surface area contributed by atoms with Crippen molar-refractivity contribution < 1.29 is 9.59 Å². The molecule has 1 aliphatic rings. The summed E-state index contributed by atoms with van der Waals surface area (Å²) in [5, 5.41) is 2.88. The van der Waals surface area contributed by atoms with Crippen LogP contribution in [0.15, 0.2) is 0 Å². The molecule has 5 heteroatoms. The van der Waals surface area contributed by atoms with Gasteiger partial charge in [0.2, 0.25) is 11.8 Å². The Hall–Kier alpha value is -1.10. The lowest BCUT2D eigenvalue weighted by Crippen LogP contribution is -2.41. The summed E-state index contributed by atoms with van der Waals surface area (Å²) in [4.78, 5) is 26.4. The van der Waals surface area contributed by atoms with Crippen molar-refractivity contribution in [1.82, 2.24) is 15.1 Å². The highest BCUT2D eigenvalue weighted by Crippen LogP contribution is 2.24. The van der Waals surface area contributed by atoms with Gasteiger partial charge in [-0.05, 0) is 19.8 Å². The molecule has 1 saturated carbocycles. The van der Waals surface area contributed by atoms with Gasteiger partial charge in [0.1, 0.15) is 0 Å². The van der Waals surface area contributed by atoms with Gasteiger partial charge in [0.25, 0.3) is 0 Å². The van der Waals surface area contributed by atoms with E-state index in [0.717, 1.165) is 12.8 Å². The van der Waals surface area contributed by atoms with Gasteiger partial charge in [-0.25, -0.2) is 0 Å². The Kier molecular flexibility index (Phi) is 4.73. The fourth-order valence-electron chi connectivity index (χ4n) is 1.38. The van der Waals surface area contributed by atoms with E-state index in [1.54, 1.807) is 16.8 Å². The number of rotatable bonds is 6. The lowest BCUT2D eigenvalue weighted by Gasteiger charge is -2.18. The van der Waals surface area contributed by atoms with E-state index in [4.69, 9.17) is 0 Å². The van der Waals surface area contributed by atoms with E-state index in [0.29, 0.717) is 12.6 Å². The van der Waals surface area contributed by atoms with E-state index in [1.807, 2.05) is 14.0 Å². The van der Waals surface area contributed by atoms with Crippen molar-refractivity contribution in [1.29, 1.82) is 0 Å². The van der Waals surface area contributed by atoms with E-state index in [1.165, 1.54) is 0 Å². The first-order valence-electron chi connectivity index (χ1n) is 5.76. The zero-order valence-corrected chi connectivity index (χ0v) is 10.3. The predicted octanol–water partition coefficient (Wildman–Crippen LogP) is -0.325. The highest BCUT2D eigenvalue weighted by molar-refractivity contribution is 5.81. The van der Waals surface area contributed by atoms with Crippen molar-refractivity contribution in [3.63, 3.8) is 0 Å². The molecule has 0 saturated heterocycles. The van der Waals surface area contributed by atoms with E-state index >= 15 is 0 Å². The molecule has 16 heavy (non-hydrogen) atoms. The molecule has 0 radical (unpaired) electrons. The fourth-order valence-corrected chi connectivity index (χ4v) is 1.38. The minimum Gasteiger partial charge on any atom is -0.345 e. The zero-order chi connectivity index (χ0) is 12.1. The molecule has 5 nitrogen and oxygen atoms in total. The summed E-state index contributed by atoms with van der Waals surface area (Å²) < 4.78 is 0. The Labute approximate surface area is 96.8 Å². The van der Waals surface area contributed by atoms with Crippen LogP contribution in [0.5, 0.6) is 0 Å².